The molecule has 0 saturated heterocycles. The minimum atomic E-state index is 0.550. The van der Waals surface area contributed by atoms with Crippen LogP contribution in [0.1, 0.15) is 32.1 Å². The molecule has 58 valence electrons. The van der Waals surface area contributed by atoms with Crippen LogP contribution in [0, 0.1) is 0 Å². The van der Waals surface area contributed by atoms with Gasteiger partial charge in [-0.15, -0.1) is 0 Å². The highest BCUT2D eigenvalue weighted by Gasteiger charge is 2.10. The van der Waals surface area contributed by atoms with Gasteiger partial charge in [-0.05, 0) is 12.8 Å². The molecule has 0 aromatic heterocycles. The Morgan fingerprint density at radius 2 is 2.00 bits per heavy atom. The van der Waals surface area contributed by atoms with Crippen molar-refractivity contribution in [3.05, 3.63) is 0 Å². The Bertz CT molecular complexity index is 106. The van der Waals surface area contributed by atoms with Crippen LogP contribution in [0.15, 0.2) is 4.99 Å². The third-order valence-electron chi connectivity index (χ3n) is 1.95. The van der Waals surface area contributed by atoms with E-state index in [0.717, 1.165) is 0 Å². The van der Waals surface area contributed by atoms with Crippen molar-refractivity contribution in [1.82, 2.24) is 0 Å². The van der Waals surface area contributed by atoms with E-state index in [1.54, 1.807) is 13.5 Å². The van der Waals surface area contributed by atoms with Crippen LogP contribution in [0.4, 0.5) is 0 Å². The van der Waals surface area contributed by atoms with Gasteiger partial charge in [0.1, 0.15) is 0 Å². The number of aliphatic imine (C=N–C) groups is 1. The smallest absolute Gasteiger partial charge is 0.169 e. The van der Waals surface area contributed by atoms with Gasteiger partial charge in [0.15, 0.2) is 6.40 Å². The molecule has 0 N–H and O–H groups in total. The van der Waals surface area contributed by atoms with Crippen molar-refractivity contribution >= 4 is 6.40 Å². The van der Waals surface area contributed by atoms with Crippen molar-refractivity contribution in [1.29, 1.82) is 0 Å². The van der Waals surface area contributed by atoms with E-state index in [4.69, 9.17) is 4.74 Å². The molecule has 0 radical (unpaired) electrons. The van der Waals surface area contributed by atoms with Gasteiger partial charge in [-0.2, -0.15) is 0 Å². The Labute approximate surface area is 62.3 Å². The molecule has 1 fully saturated rings. The van der Waals surface area contributed by atoms with Crippen LogP contribution in [0.5, 0.6) is 0 Å². The van der Waals surface area contributed by atoms with Crippen LogP contribution in [0.25, 0.3) is 0 Å². The third kappa shape index (κ3) is 2.38. The molecule has 0 aromatic rings. The van der Waals surface area contributed by atoms with Gasteiger partial charge in [-0.3, -0.25) is 4.99 Å². The first-order chi connectivity index (χ1) is 4.93. The molecule has 0 aromatic carbocycles. The average molecular weight is 141 g/mol. The van der Waals surface area contributed by atoms with Crippen molar-refractivity contribution < 1.29 is 4.74 Å². The first-order valence-corrected chi connectivity index (χ1v) is 3.98. The fourth-order valence-corrected chi connectivity index (χ4v) is 1.38. The summed E-state index contributed by atoms with van der Waals surface area (Å²) < 4.78 is 4.75. The molecule has 1 aliphatic carbocycles. The first kappa shape index (κ1) is 7.58. The van der Waals surface area contributed by atoms with Gasteiger partial charge in [0.25, 0.3) is 0 Å². The Balaban J connectivity index is 2.19. The molecule has 0 unspecified atom stereocenters. The zero-order valence-corrected chi connectivity index (χ0v) is 6.55. The molecule has 1 aliphatic rings. The molecule has 10 heavy (non-hydrogen) atoms. The molecule has 1 saturated carbocycles. The standard InChI is InChI=1S/C8H15NO/c1-10-7-9-8-5-3-2-4-6-8/h7-8H,2-6H2,1H3. The van der Waals surface area contributed by atoms with Gasteiger partial charge < -0.3 is 4.74 Å². The van der Waals surface area contributed by atoms with E-state index in [9.17, 15) is 0 Å². The zero-order valence-electron chi connectivity index (χ0n) is 6.55. The van der Waals surface area contributed by atoms with E-state index < -0.39 is 0 Å². The lowest BCUT2D eigenvalue weighted by atomic mass is 9.96. The quantitative estimate of drug-likeness (QED) is 0.425. The van der Waals surface area contributed by atoms with Gasteiger partial charge in [0.05, 0.1) is 13.2 Å². The second kappa shape index (κ2) is 4.31. The first-order valence-electron chi connectivity index (χ1n) is 3.98. The molecule has 0 spiro atoms. The largest absolute Gasteiger partial charge is 0.487 e. The van der Waals surface area contributed by atoms with Crippen LogP contribution >= 0.6 is 0 Å². The third-order valence-corrected chi connectivity index (χ3v) is 1.95. The second-order valence-electron chi connectivity index (χ2n) is 2.78. The molecular weight excluding hydrogens is 126 g/mol. The molecule has 0 bridgehead atoms. The van der Waals surface area contributed by atoms with E-state index in [1.165, 1.54) is 32.1 Å². The summed E-state index contributed by atoms with van der Waals surface area (Å²) in [6.45, 7) is 0. The van der Waals surface area contributed by atoms with Gasteiger partial charge in [-0.25, -0.2) is 0 Å². The molecule has 0 amide bonds. The van der Waals surface area contributed by atoms with Gasteiger partial charge in [0, 0.05) is 0 Å². The number of methoxy groups -OCH3 is 1. The van der Waals surface area contributed by atoms with Crippen molar-refractivity contribution in [2.75, 3.05) is 7.11 Å². The Hall–Kier alpha value is -0.530. The Morgan fingerprint density at radius 1 is 1.30 bits per heavy atom. The second-order valence-corrected chi connectivity index (χ2v) is 2.78. The molecule has 0 aliphatic heterocycles. The Morgan fingerprint density at radius 3 is 2.60 bits per heavy atom. The Kier molecular flexibility index (Phi) is 3.27. The van der Waals surface area contributed by atoms with Crippen LogP contribution < -0.4 is 0 Å². The molecule has 0 heterocycles. The SMILES string of the molecule is COC=NC1CCCCC1. The van der Waals surface area contributed by atoms with Crippen LogP contribution in [0.2, 0.25) is 0 Å². The number of hydrogen-bond acceptors (Lipinski definition) is 2. The topological polar surface area (TPSA) is 21.6 Å². The van der Waals surface area contributed by atoms with Gasteiger partial charge >= 0.3 is 0 Å². The van der Waals surface area contributed by atoms with E-state index in [-0.39, 0.29) is 0 Å². The molecule has 2 heteroatoms. The minimum absolute atomic E-state index is 0.550. The van der Waals surface area contributed by atoms with Crippen LogP contribution in [0.3, 0.4) is 0 Å². The minimum Gasteiger partial charge on any atom is -0.487 e. The fraction of sp³-hybridized carbons (Fsp3) is 0.875. The summed E-state index contributed by atoms with van der Waals surface area (Å²) in [4.78, 5) is 4.25. The number of ether oxygens (including phenoxy) is 1. The molecule has 2 nitrogen and oxygen atoms in total. The predicted octanol–water partition coefficient (Wildman–Crippen LogP) is 1.99. The maximum absolute atomic E-state index is 4.75. The maximum atomic E-state index is 4.75. The highest BCUT2D eigenvalue weighted by atomic mass is 16.5. The van der Waals surface area contributed by atoms with Crippen molar-refractivity contribution in [3.8, 4) is 0 Å². The molecule has 0 atom stereocenters. The summed E-state index contributed by atoms with van der Waals surface area (Å²) in [6.07, 6.45) is 8.13. The maximum Gasteiger partial charge on any atom is 0.169 e. The lowest BCUT2D eigenvalue weighted by Gasteiger charge is -2.16. The summed E-state index contributed by atoms with van der Waals surface area (Å²) in [5.41, 5.74) is 0. The highest BCUT2D eigenvalue weighted by molar-refractivity contribution is 5.46. The van der Waals surface area contributed by atoms with Gasteiger partial charge in [-0.1, -0.05) is 19.3 Å². The lowest BCUT2D eigenvalue weighted by molar-refractivity contribution is 0.399. The molecular formula is C8H15NO. The van der Waals surface area contributed by atoms with Gasteiger partial charge in [0.2, 0.25) is 0 Å². The van der Waals surface area contributed by atoms with E-state index >= 15 is 0 Å². The van der Waals surface area contributed by atoms with E-state index in [2.05, 4.69) is 4.99 Å². The fourth-order valence-electron chi connectivity index (χ4n) is 1.38. The lowest BCUT2D eigenvalue weighted by Crippen LogP contribution is -2.09. The summed E-state index contributed by atoms with van der Waals surface area (Å²) in [6, 6.07) is 0.550. The highest BCUT2D eigenvalue weighted by Crippen LogP contribution is 2.19. The monoisotopic (exact) mass is 141 g/mol. The van der Waals surface area contributed by atoms with Crippen molar-refractivity contribution in [2.24, 2.45) is 4.99 Å². The number of hydrogen-bond donors (Lipinski definition) is 0. The normalized spacial score (nSPS) is 21.7. The summed E-state index contributed by atoms with van der Waals surface area (Å²) >= 11 is 0. The predicted molar refractivity (Wildman–Crippen MR) is 42.4 cm³/mol. The van der Waals surface area contributed by atoms with Crippen LogP contribution in [-0.4, -0.2) is 19.6 Å². The summed E-state index contributed by atoms with van der Waals surface area (Å²) in [5, 5.41) is 0. The average Bonchev–Trinajstić information content (AvgIpc) is 2.03. The zero-order chi connectivity index (χ0) is 7.23. The van der Waals surface area contributed by atoms with E-state index in [1.807, 2.05) is 0 Å². The number of nitrogens with zero attached hydrogens (tertiary/aromatic N) is 1. The van der Waals surface area contributed by atoms with Crippen LogP contribution in [-0.2, 0) is 4.74 Å². The van der Waals surface area contributed by atoms with Crippen molar-refractivity contribution in [3.63, 3.8) is 0 Å². The number of rotatable bonds is 2. The molecule has 1 rings (SSSR count). The summed E-state index contributed by atoms with van der Waals surface area (Å²) in [7, 11) is 1.65. The van der Waals surface area contributed by atoms with Crippen molar-refractivity contribution in [2.45, 2.75) is 38.1 Å². The van der Waals surface area contributed by atoms with E-state index in [0.29, 0.717) is 6.04 Å². The summed E-state index contributed by atoms with van der Waals surface area (Å²) in [5.74, 6) is 0.